The van der Waals surface area contributed by atoms with Crippen LogP contribution in [0.2, 0.25) is 5.02 Å². The number of fused-ring (bicyclic) bond motifs is 1. The molecule has 1 aliphatic rings. The molecule has 2 nitrogen and oxygen atoms in total. The average Bonchev–Trinajstić information content (AvgIpc) is 2.79. The van der Waals surface area contributed by atoms with Crippen molar-refractivity contribution < 1.29 is 9.13 Å². The van der Waals surface area contributed by atoms with Crippen molar-refractivity contribution in [2.24, 2.45) is 0 Å². The molecule has 0 amide bonds. The zero-order valence-electron chi connectivity index (χ0n) is 11.1. The Kier molecular flexibility index (Phi) is 3.40. The van der Waals surface area contributed by atoms with Gasteiger partial charge in [-0.25, -0.2) is 4.39 Å². The van der Waals surface area contributed by atoms with Gasteiger partial charge in [0.1, 0.15) is 11.6 Å². The number of ether oxygens (including phenoxy) is 1. The van der Waals surface area contributed by atoms with Crippen LogP contribution in [0.4, 0.5) is 4.39 Å². The number of halogens is 2. The van der Waals surface area contributed by atoms with Gasteiger partial charge in [-0.3, -0.25) is 0 Å². The van der Waals surface area contributed by atoms with Gasteiger partial charge >= 0.3 is 0 Å². The van der Waals surface area contributed by atoms with Crippen LogP contribution in [0.5, 0.6) is 5.75 Å². The Balaban J connectivity index is 2.04. The zero-order chi connectivity index (χ0) is 14.2. The van der Waals surface area contributed by atoms with Crippen molar-refractivity contribution in [1.82, 2.24) is 5.32 Å². The fraction of sp³-hybridized carbons (Fsp3) is 0.250. The molecule has 0 aliphatic carbocycles. The van der Waals surface area contributed by atoms with Crippen molar-refractivity contribution in [3.63, 3.8) is 0 Å². The number of likely N-dealkylation sites (N-methyl/N-ethyl adjacent to an activating group) is 1. The summed E-state index contributed by atoms with van der Waals surface area (Å²) in [6.07, 6.45) is 0.674. The van der Waals surface area contributed by atoms with Crippen molar-refractivity contribution in [1.29, 1.82) is 0 Å². The lowest BCUT2D eigenvalue weighted by molar-refractivity contribution is 0.0940. The molecule has 1 atom stereocenters. The third-order valence-corrected chi connectivity index (χ3v) is 3.94. The Bertz CT molecular complexity index is 599. The van der Waals surface area contributed by atoms with Gasteiger partial charge in [0.05, 0.1) is 5.02 Å². The number of rotatable bonds is 3. The highest BCUT2D eigenvalue weighted by molar-refractivity contribution is 6.30. The minimum atomic E-state index is -0.504. The van der Waals surface area contributed by atoms with E-state index >= 15 is 0 Å². The van der Waals surface area contributed by atoms with Gasteiger partial charge in [-0.2, -0.15) is 0 Å². The van der Waals surface area contributed by atoms with Gasteiger partial charge in [-0.1, -0.05) is 41.9 Å². The quantitative estimate of drug-likeness (QED) is 0.934. The molecule has 4 heteroatoms. The summed E-state index contributed by atoms with van der Waals surface area (Å²) < 4.78 is 19.7. The molecular weight excluding hydrogens is 277 g/mol. The van der Waals surface area contributed by atoms with Crippen LogP contribution in [0.25, 0.3) is 0 Å². The lowest BCUT2D eigenvalue weighted by atomic mass is 9.89. The first-order chi connectivity index (χ1) is 9.64. The van der Waals surface area contributed by atoms with Crippen LogP contribution in [0.15, 0.2) is 42.5 Å². The molecule has 0 saturated carbocycles. The monoisotopic (exact) mass is 291 g/mol. The second-order valence-corrected chi connectivity index (χ2v) is 5.45. The van der Waals surface area contributed by atoms with Crippen LogP contribution in [-0.4, -0.2) is 13.6 Å². The molecule has 0 fully saturated rings. The lowest BCUT2D eigenvalue weighted by Crippen LogP contribution is -2.41. The highest BCUT2D eigenvalue weighted by atomic mass is 35.5. The largest absolute Gasteiger partial charge is 0.480 e. The predicted octanol–water partition coefficient (Wildman–Crippen LogP) is 3.53. The molecule has 1 heterocycles. The van der Waals surface area contributed by atoms with E-state index in [4.69, 9.17) is 16.3 Å². The maximum absolute atomic E-state index is 13.6. The van der Waals surface area contributed by atoms with Crippen molar-refractivity contribution in [2.45, 2.75) is 12.0 Å². The third kappa shape index (κ3) is 2.17. The summed E-state index contributed by atoms with van der Waals surface area (Å²) in [5.74, 6) is 0.129. The molecule has 20 heavy (non-hydrogen) atoms. The Hall–Kier alpha value is -1.58. The molecule has 0 spiro atoms. The summed E-state index contributed by atoms with van der Waals surface area (Å²) in [5, 5.41) is 3.30. The van der Waals surface area contributed by atoms with E-state index in [1.165, 1.54) is 6.07 Å². The molecule has 2 aromatic rings. The van der Waals surface area contributed by atoms with Crippen molar-refractivity contribution in [3.8, 4) is 5.75 Å². The van der Waals surface area contributed by atoms with Crippen molar-refractivity contribution in [2.75, 3.05) is 13.6 Å². The van der Waals surface area contributed by atoms with Crippen LogP contribution in [0.3, 0.4) is 0 Å². The zero-order valence-corrected chi connectivity index (χ0v) is 11.9. The number of benzene rings is 2. The van der Waals surface area contributed by atoms with E-state index in [2.05, 4.69) is 5.32 Å². The van der Waals surface area contributed by atoms with Gasteiger partial charge in [0.2, 0.25) is 0 Å². The highest BCUT2D eigenvalue weighted by Crippen LogP contribution is 2.42. The smallest absolute Gasteiger partial charge is 0.150 e. The Labute approximate surface area is 122 Å². The molecule has 2 aromatic carbocycles. The van der Waals surface area contributed by atoms with Crippen LogP contribution >= 0.6 is 11.6 Å². The SMILES string of the molecule is CNC[C@@]1(c2ccccc2)Cc2cc(Cl)c(F)cc2O1. The van der Waals surface area contributed by atoms with E-state index in [1.54, 1.807) is 6.07 Å². The van der Waals surface area contributed by atoms with Gasteiger partial charge in [0.15, 0.2) is 5.60 Å². The topological polar surface area (TPSA) is 21.3 Å². The van der Waals surface area contributed by atoms with Crippen molar-refractivity contribution in [3.05, 3.63) is 64.4 Å². The maximum Gasteiger partial charge on any atom is 0.150 e. The van der Waals surface area contributed by atoms with E-state index in [9.17, 15) is 4.39 Å². The second-order valence-electron chi connectivity index (χ2n) is 5.04. The summed E-state index contributed by atoms with van der Waals surface area (Å²) in [7, 11) is 1.88. The first kappa shape index (κ1) is 13.4. The molecule has 0 unspecified atom stereocenters. The van der Waals surface area contributed by atoms with Crippen LogP contribution in [0, 0.1) is 5.82 Å². The first-order valence-corrected chi connectivity index (χ1v) is 6.89. The van der Waals surface area contributed by atoms with E-state index < -0.39 is 11.4 Å². The summed E-state index contributed by atoms with van der Waals surface area (Å²) in [4.78, 5) is 0. The molecule has 0 radical (unpaired) electrons. The van der Waals surface area contributed by atoms with Gasteiger partial charge in [-0.05, 0) is 18.7 Å². The van der Waals surface area contributed by atoms with Gasteiger partial charge in [0.25, 0.3) is 0 Å². The highest BCUT2D eigenvalue weighted by Gasteiger charge is 2.41. The van der Waals surface area contributed by atoms with E-state index in [1.807, 2.05) is 37.4 Å². The molecular formula is C16H15ClFNO. The van der Waals surface area contributed by atoms with Gasteiger partial charge in [-0.15, -0.1) is 0 Å². The number of hydrogen-bond acceptors (Lipinski definition) is 2. The summed E-state index contributed by atoms with van der Waals surface area (Å²) >= 11 is 5.86. The summed E-state index contributed by atoms with van der Waals surface area (Å²) in [5.41, 5.74) is 1.51. The predicted molar refractivity (Wildman–Crippen MR) is 77.8 cm³/mol. The molecule has 0 saturated heterocycles. The van der Waals surface area contributed by atoms with E-state index in [0.29, 0.717) is 18.7 Å². The number of hydrogen-bond donors (Lipinski definition) is 1. The normalized spacial score (nSPS) is 20.6. The van der Waals surface area contributed by atoms with Crippen LogP contribution in [0.1, 0.15) is 11.1 Å². The lowest BCUT2D eigenvalue weighted by Gasteiger charge is -2.29. The minimum Gasteiger partial charge on any atom is -0.480 e. The fourth-order valence-corrected chi connectivity index (χ4v) is 2.93. The Morgan fingerprint density at radius 1 is 1.30 bits per heavy atom. The van der Waals surface area contributed by atoms with Gasteiger partial charge in [0, 0.05) is 24.6 Å². The van der Waals surface area contributed by atoms with E-state index in [-0.39, 0.29) is 5.02 Å². The summed E-state index contributed by atoms with van der Waals surface area (Å²) in [6.45, 7) is 0.644. The fourth-order valence-electron chi connectivity index (χ4n) is 2.75. The van der Waals surface area contributed by atoms with E-state index in [0.717, 1.165) is 11.1 Å². The maximum atomic E-state index is 13.6. The van der Waals surface area contributed by atoms with Crippen LogP contribution < -0.4 is 10.1 Å². The minimum absolute atomic E-state index is 0.140. The summed E-state index contributed by atoms with van der Waals surface area (Å²) in [6, 6.07) is 13.0. The second kappa shape index (κ2) is 5.08. The van der Waals surface area contributed by atoms with Crippen molar-refractivity contribution >= 4 is 11.6 Å². The average molecular weight is 292 g/mol. The molecule has 0 bridgehead atoms. The van der Waals surface area contributed by atoms with Crippen LogP contribution in [-0.2, 0) is 12.0 Å². The Morgan fingerprint density at radius 3 is 2.75 bits per heavy atom. The molecule has 3 rings (SSSR count). The first-order valence-electron chi connectivity index (χ1n) is 6.52. The Morgan fingerprint density at radius 2 is 2.05 bits per heavy atom. The standard InChI is InChI=1S/C16H15ClFNO/c1-19-10-16(12-5-3-2-4-6-12)9-11-7-13(17)14(18)8-15(11)20-16/h2-8,19H,9-10H2,1H3/t16-/m1/s1. The number of nitrogens with one attached hydrogen (secondary N) is 1. The molecule has 104 valence electrons. The van der Waals surface area contributed by atoms with Gasteiger partial charge < -0.3 is 10.1 Å². The molecule has 0 aromatic heterocycles. The molecule has 1 aliphatic heterocycles. The molecule has 1 N–H and O–H groups in total. The third-order valence-electron chi connectivity index (χ3n) is 3.65.